The maximum atomic E-state index is 5.81. The normalized spacial score (nSPS) is 11.3. The van der Waals surface area contributed by atoms with E-state index in [2.05, 4.69) is 35.9 Å². The van der Waals surface area contributed by atoms with Crippen LogP contribution in [0, 0.1) is 0 Å². The highest BCUT2D eigenvalue weighted by molar-refractivity contribution is 6.10. The second kappa shape index (κ2) is 10.4. The van der Waals surface area contributed by atoms with Crippen molar-refractivity contribution in [3.63, 3.8) is 0 Å². The molecule has 0 aliphatic heterocycles. The molecule has 0 radical (unpaired) electrons. The molecule has 12 heteroatoms. The fraction of sp³-hybridized carbons (Fsp3) is 0.125. The van der Waals surface area contributed by atoms with Gasteiger partial charge in [0.1, 0.15) is 22.9 Å². The van der Waals surface area contributed by atoms with Crippen LogP contribution in [0.2, 0.25) is 0 Å². The predicted octanol–water partition coefficient (Wildman–Crippen LogP) is 3.43. The van der Waals surface area contributed by atoms with Gasteiger partial charge in [0.25, 0.3) is 11.8 Å². The van der Waals surface area contributed by atoms with Crippen molar-refractivity contribution in [1.82, 2.24) is 35.4 Å². The molecular weight excluding hydrogens is 464 g/mol. The highest BCUT2D eigenvalue weighted by Crippen LogP contribution is 2.26. The van der Waals surface area contributed by atoms with Gasteiger partial charge < -0.3 is 18.7 Å². The fourth-order valence-electron chi connectivity index (χ4n) is 3.18. The van der Waals surface area contributed by atoms with Gasteiger partial charge in [-0.25, -0.2) is 9.67 Å². The van der Waals surface area contributed by atoms with Crippen molar-refractivity contribution < 1.29 is 18.7 Å². The molecule has 3 aromatic heterocycles. The summed E-state index contributed by atoms with van der Waals surface area (Å²) in [6.07, 6.45) is 1.57. The fourth-order valence-corrected chi connectivity index (χ4v) is 3.18. The molecular formula is C24H20N8O4. The van der Waals surface area contributed by atoms with E-state index in [-0.39, 0.29) is 18.4 Å². The van der Waals surface area contributed by atoms with Crippen LogP contribution >= 0.6 is 0 Å². The van der Waals surface area contributed by atoms with Gasteiger partial charge >= 0.3 is 0 Å². The van der Waals surface area contributed by atoms with Crippen molar-refractivity contribution in [3.8, 4) is 28.8 Å². The van der Waals surface area contributed by atoms with Gasteiger partial charge in [-0.15, -0.1) is 15.3 Å². The van der Waals surface area contributed by atoms with Crippen LogP contribution in [0.4, 0.5) is 0 Å². The summed E-state index contributed by atoms with van der Waals surface area (Å²) < 4.78 is 18.2. The Labute approximate surface area is 205 Å². The molecule has 0 saturated carbocycles. The molecule has 5 aromatic rings. The van der Waals surface area contributed by atoms with Crippen LogP contribution in [0.15, 0.2) is 82.5 Å². The molecule has 12 nitrogen and oxygen atoms in total. The van der Waals surface area contributed by atoms with Gasteiger partial charge in [-0.05, 0) is 34.7 Å². The summed E-state index contributed by atoms with van der Waals surface area (Å²) >= 11 is 0. The maximum Gasteiger partial charge on any atom is 0.266 e. The van der Waals surface area contributed by atoms with E-state index < -0.39 is 0 Å². The lowest BCUT2D eigenvalue weighted by molar-refractivity contribution is 0.111. The molecule has 180 valence electrons. The molecule has 3 heterocycles. The van der Waals surface area contributed by atoms with E-state index in [1.807, 2.05) is 48.5 Å². The van der Waals surface area contributed by atoms with Crippen LogP contribution in [0.25, 0.3) is 11.6 Å². The van der Waals surface area contributed by atoms with Crippen LogP contribution in [0.3, 0.4) is 0 Å². The number of rotatable bonds is 9. The molecule has 0 fully saturated rings. The molecule has 0 saturated heterocycles. The third-order valence-electron chi connectivity index (χ3n) is 4.92. The number of aryl methyl sites for hydroxylation is 1. The van der Waals surface area contributed by atoms with E-state index in [9.17, 15) is 0 Å². The monoisotopic (exact) mass is 484 g/mol. The van der Waals surface area contributed by atoms with Gasteiger partial charge in [0, 0.05) is 18.7 Å². The number of oxime groups is 1. The first-order valence-electron chi connectivity index (χ1n) is 10.8. The number of methoxy groups -OCH3 is 1. The van der Waals surface area contributed by atoms with Crippen molar-refractivity contribution in [2.75, 3.05) is 7.11 Å². The summed E-state index contributed by atoms with van der Waals surface area (Å²) in [7, 11) is 3.32. The number of aromatic nitrogens is 7. The van der Waals surface area contributed by atoms with Gasteiger partial charge in [0.2, 0.25) is 5.82 Å². The molecule has 0 aliphatic rings. The number of ether oxygens (including phenoxy) is 2. The van der Waals surface area contributed by atoms with Gasteiger partial charge in [-0.3, -0.25) is 0 Å². The first kappa shape index (κ1) is 22.7. The Morgan fingerprint density at radius 1 is 0.944 bits per heavy atom. The summed E-state index contributed by atoms with van der Waals surface area (Å²) in [4.78, 5) is 9.85. The van der Waals surface area contributed by atoms with Gasteiger partial charge in [-0.2, -0.15) is 0 Å². The SMILES string of the molecule is COc1cccc(Oc2ccc(-c3nnc(CO/N=C(/c4ccccc4)c4nnnn4C)o3)nc2)c1. The second-order valence-electron chi connectivity index (χ2n) is 7.37. The molecule has 2 aromatic carbocycles. The van der Waals surface area contributed by atoms with Gasteiger partial charge in [0.15, 0.2) is 12.3 Å². The molecule has 0 atom stereocenters. The lowest BCUT2D eigenvalue weighted by Gasteiger charge is -2.07. The number of benzene rings is 2. The molecule has 0 aliphatic carbocycles. The topological polar surface area (TPSA) is 135 Å². The standard InChI is InChI=1S/C24H20N8O4/c1-32-23(27-30-31-32)22(16-7-4-3-5-8-16)29-34-15-21-26-28-24(36-21)20-12-11-19(14-25-20)35-18-10-6-9-17(13-18)33-2/h3-14H,15H2,1-2H3/b29-22-. The summed E-state index contributed by atoms with van der Waals surface area (Å²) in [5, 5.41) is 23.8. The highest BCUT2D eigenvalue weighted by Gasteiger charge is 2.16. The predicted molar refractivity (Wildman–Crippen MR) is 126 cm³/mol. The van der Waals surface area contributed by atoms with Gasteiger partial charge in [-0.1, -0.05) is 41.6 Å². The largest absolute Gasteiger partial charge is 0.497 e. The smallest absolute Gasteiger partial charge is 0.266 e. The minimum atomic E-state index is -0.0500. The molecule has 0 unspecified atom stereocenters. The number of pyridine rings is 1. The van der Waals surface area contributed by atoms with Crippen LogP contribution in [-0.2, 0) is 18.5 Å². The summed E-state index contributed by atoms with van der Waals surface area (Å²) in [6, 6.07) is 20.2. The van der Waals surface area contributed by atoms with E-state index in [1.54, 1.807) is 38.6 Å². The van der Waals surface area contributed by atoms with Crippen molar-refractivity contribution >= 4 is 5.71 Å². The number of tetrazole rings is 1. The number of hydrogen-bond donors (Lipinski definition) is 0. The highest BCUT2D eigenvalue weighted by atomic mass is 16.6. The van der Waals surface area contributed by atoms with E-state index in [0.717, 1.165) is 5.56 Å². The summed E-state index contributed by atoms with van der Waals surface area (Å²) in [5.74, 6) is 2.81. The molecule has 0 spiro atoms. The van der Waals surface area contributed by atoms with Crippen molar-refractivity contribution in [2.24, 2.45) is 12.2 Å². The van der Waals surface area contributed by atoms with Crippen molar-refractivity contribution in [2.45, 2.75) is 6.61 Å². The average Bonchev–Trinajstić information content (AvgIpc) is 3.57. The van der Waals surface area contributed by atoms with Gasteiger partial charge in [0.05, 0.1) is 13.3 Å². The Hall–Kier alpha value is -5.13. The average molecular weight is 484 g/mol. The summed E-state index contributed by atoms with van der Waals surface area (Å²) in [6.45, 7) is -0.0500. The lowest BCUT2D eigenvalue weighted by atomic mass is 10.1. The Bertz CT molecular complexity index is 1470. The maximum absolute atomic E-state index is 5.81. The van der Waals surface area contributed by atoms with E-state index in [4.69, 9.17) is 18.7 Å². The Balaban J connectivity index is 1.26. The van der Waals surface area contributed by atoms with Crippen LogP contribution in [-0.4, -0.2) is 48.2 Å². The Kier molecular flexibility index (Phi) is 6.56. The second-order valence-corrected chi connectivity index (χ2v) is 7.37. The summed E-state index contributed by atoms with van der Waals surface area (Å²) in [5.41, 5.74) is 1.75. The minimum Gasteiger partial charge on any atom is -0.497 e. The number of hydrogen-bond acceptors (Lipinski definition) is 11. The molecule has 0 N–H and O–H groups in total. The van der Waals surface area contributed by atoms with E-state index in [1.165, 1.54) is 4.68 Å². The van der Waals surface area contributed by atoms with Crippen LogP contribution in [0.1, 0.15) is 17.3 Å². The molecule has 0 amide bonds. The van der Waals surface area contributed by atoms with Crippen LogP contribution < -0.4 is 9.47 Å². The Morgan fingerprint density at radius 2 is 1.81 bits per heavy atom. The molecule has 36 heavy (non-hydrogen) atoms. The number of nitrogens with zero attached hydrogens (tertiary/aromatic N) is 8. The first-order valence-corrected chi connectivity index (χ1v) is 10.8. The van der Waals surface area contributed by atoms with Crippen LogP contribution in [0.5, 0.6) is 17.2 Å². The van der Waals surface area contributed by atoms with E-state index in [0.29, 0.717) is 34.5 Å². The first-order chi connectivity index (χ1) is 17.7. The van der Waals surface area contributed by atoms with E-state index >= 15 is 0 Å². The third kappa shape index (κ3) is 5.17. The zero-order valence-electron chi connectivity index (χ0n) is 19.3. The Morgan fingerprint density at radius 3 is 2.56 bits per heavy atom. The molecule has 5 rings (SSSR count). The van der Waals surface area contributed by atoms with Crippen molar-refractivity contribution in [3.05, 3.63) is 90.2 Å². The molecule has 0 bridgehead atoms. The zero-order chi connectivity index (χ0) is 24.7. The third-order valence-corrected chi connectivity index (χ3v) is 4.92. The minimum absolute atomic E-state index is 0.0500. The lowest BCUT2D eigenvalue weighted by Crippen LogP contribution is -2.12. The quantitative estimate of drug-likeness (QED) is 0.226. The van der Waals surface area contributed by atoms with Crippen molar-refractivity contribution in [1.29, 1.82) is 0 Å². The zero-order valence-corrected chi connectivity index (χ0v) is 19.3.